The van der Waals surface area contributed by atoms with Crippen LogP contribution in [0.25, 0.3) is 10.9 Å². The van der Waals surface area contributed by atoms with Crippen molar-refractivity contribution < 1.29 is 18.0 Å². The molecular weight excluding hydrogens is 429 g/mol. The van der Waals surface area contributed by atoms with Crippen LogP contribution in [0.15, 0.2) is 54.7 Å². The van der Waals surface area contributed by atoms with E-state index in [1.54, 1.807) is 18.3 Å². The van der Waals surface area contributed by atoms with Gasteiger partial charge in [-0.1, -0.05) is 37.3 Å². The van der Waals surface area contributed by atoms with Crippen LogP contribution in [0, 0.1) is 0 Å². The molecule has 1 aliphatic rings. The van der Waals surface area contributed by atoms with E-state index < -0.39 is 11.7 Å². The molecule has 0 radical (unpaired) electrons. The number of nitrogens with zero attached hydrogens (tertiary/aromatic N) is 3. The van der Waals surface area contributed by atoms with Crippen LogP contribution in [0.4, 0.5) is 18.9 Å². The van der Waals surface area contributed by atoms with Crippen molar-refractivity contribution in [2.45, 2.75) is 26.1 Å². The number of benzene rings is 2. The lowest BCUT2D eigenvalue weighted by molar-refractivity contribution is -0.137. The zero-order chi connectivity index (χ0) is 23.6. The van der Waals surface area contributed by atoms with Gasteiger partial charge in [0.2, 0.25) is 5.91 Å². The third-order valence-electron chi connectivity index (χ3n) is 6.18. The monoisotopic (exact) mass is 456 g/mol. The molecule has 1 N–H and O–H groups in total. The molecule has 1 saturated heterocycles. The van der Waals surface area contributed by atoms with Crippen molar-refractivity contribution in [2.24, 2.45) is 0 Å². The fourth-order valence-corrected chi connectivity index (χ4v) is 4.48. The van der Waals surface area contributed by atoms with E-state index in [4.69, 9.17) is 0 Å². The molecule has 1 aliphatic heterocycles. The summed E-state index contributed by atoms with van der Waals surface area (Å²) < 4.78 is 39.6. The van der Waals surface area contributed by atoms with E-state index in [2.05, 4.69) is 27.0 Å². The van der Waals surface area contributed by atoms with Crippen molar-refractivity contribution in [3.05, 3.63) is 71.4 Å². The standard InChI is InChI=1S/C25H27F3N4O/c1-3-31-13-15-32(16-14-31)24(19-6-9-20(10-7-19)25(26,27)28)21-11-8-18-5-4-12-29-22(18)23(21)30-17(2)33/h4-12,24H,3,13-16H2,1-2H3,(H,30,33). The number of carbonyl (C=O) groups excluding carboxylic acids is 1. The summed E-state index contributed by atoms with van der Waals surface area (Å²) in [6.45, 7) is 7.78. The third-order valence-corrected chi connectivity index (χ3v) is 6.18. The number of aromatic nitrogens is 1. The molecule has 0 aliphatic carbocycles. The highest BCUT2D eigenvalue weighted by Gasteiger charge is 2.32. The predicted molar refractivity (Wildman–Crippen MR) is 123 cm³/mol. The number of carbonyl (C=O) groups is 1. The number of piperazine rings is 1. The molecule has 2 heterocycles. The minimum atomic E-state index is -4.39. The number of hydrogen-bond acceptors (Lipinski definition) is 4. The van der Waals surface area contributed by atoms with Crippen molar-refractivity contribution in [1.29, 1.82) is 0 Å². The second-order valence-corrected chi connectivity index (χ2v) is 8.28. The number of nitrogens with one attached hydrogen (secondary N) is 1. The minimum absolute atomic E-state index is 0.226. The second kappa shape index (κ2) is 9.49. The van der Waals surface area contributed by atoms with E-state index in [9.17, 15) is 18.0 Å². The van der Waals surface area contributed by atoms with Crippen LogP contribution in [-0.2, 0) is 11.0 Å². The zero-order valence-electron chi connectivity index (χ0n) is 18.7. The summed E-state index contributed by atoms with van der Waals surface area (Å²) in [4.78, 5) is 21.2. The smallest absolute Gasteiger partial charge is 0.324 e. The molecule has 8 heteroatoms. The van der Waals surface area contributed by atoms with Gasteiger partial charge in [0.1, 0.15) is 0 Å². The fourth-order valence-electron chi connectivity index (χ4n) is 4.48. The van der Waals surface area contributed by atoms with Gasteiger partial charge < -0.3 is 10.2 Å². The molecule has 174 valence electrons. The Morgan fingerprint density at radius 3 is 2.36 bits per heavy atom. The Balaban J connectivity index is 1.84. The number of amides is 1. The normalized spacial score (nSPS) is 16.6. The van der Waals surface area contributed by atoms with Crippen LogP contribution in [0.1, 0.15) is 36.6 Å². The van der Waals surface area contributed by atoms with Gasteiger partial charge in [-0.15, -0.1) is 0 Å². The Kier molecular flexibility index (Phi) is 6.67. The molecule has 2 aromatic carbocycles. The van der Waals surface area contributed by atoms with Crippen LogP contribution in [-0.4, -0.2) is 53.4 Å². The van der Waals surface area contributed by atoms with Crippen molar-refractivity contribution in [2.75, 3.05) is 38.0 Å². The van der Waals surface area contributed by atoms with E-state index in [-0.39, 0.29) is 11.9 Å². The molecule has 1 atom stereocenters. The van der Waals surface area contributed by atoms with Crippen molar-refractivity contribution >= 4 is 22.5 Å². The highest BCUT2D eigenvalue weighted by atomic mass is 19.4. The molecule has 33 heavy (non-hydrogen) atoms. The van der Waals surface area contributed by atoms with Crippen LogP contribution >= 0.6 is 0 Å². The number of anilines is 1. The first-order chi connectivity index (χ1) is 15.8. The van der Waals surface area contributed by atoms with Crippen molar-refractivity contribution in [1.82, 2.24) is 14.8 Å². The van der Waals surface area contributed by atoms with Gasteiger partial charge in [-0.25, -0.2) is 0 Å². The van der Waals surface area contributed by atoms with Gasteiger partial charge in [-0.2, -0.15) is 13.2 Å². The largest absolute Gasteiger partial charge is 0.416 e. The molecule has 0 bridgehead atoms. The summed E-state index contributed by atoms with van der Waals surface area (Å²) in [5.74, 6) is -0.226. The van der Waals surface area contributed by atoms with Crippen molar-refractivity contribution in [3.63, 3.8) is 0 Å². The summed E-state index contributed by atoms with van der Waals surface area (Å²) in [7, 11) is 0. The second-order valence-electron chi connectivity index (χ2n) is 8.28. The number of likely N-dealkylation sites (N-methyl/N-ethyl adjacent to an activating group) is 1. The molecule has 1 aromatic heterocycles. The molecule has 5 nitrogen and oxygen atoms in total. The predicted octanol–water partition coefficient (Wildman–Crippen LogP) is 4.94. The maximum Gasteiger partial charge on any atom is 0.416 e. The van der Waals surface area contributed by atoms with Crippen molar-refractivity contribution in [3.8, 4) is 0 Å². The zero-order valence-corrected chi connectivity index (χ0v) is 18.7. The average Bonchev–Trinajstić information content (AvgIpc) is 2.80. The molecule has 1 fully saturated rings. The average molecular weight is 457 g/mol. The Hall–Kier alpha value is -2.97. The SMILES string of the molecule is CCN1CCN(C(c2ccc(C(F)(F)F)cc2)c2ccc3cccnc3c2NC(C)=O)CC1. The van der Waals surface area contributed by atoms with E-state index >= 15 is 0 Å². The summed E-state index contributed by atoms with van der Waals surface area (Å²) in [6, 6.07) is 12.7. The number of fused-ring (bicyclic) bond motifs is 1. The summed E-state index contributed by atoms with van der Waals surface area (Å²) in [6.07, 6.45) is -2.72. The number of hydrogen-bond donors (Lipinski definition) is 1. The highest BCUT2D eigenvalue weighted by molar-refractivity contribution is 6.01. The van der Waals surface area contributed by atoms with E-state index in [0.717, 1.165) is 61.4 Å². The molecule has 1 amide bonds. The lowest BCUT2D eigenvalue weighted by Crippen LogP contribution is -2.47. The first kappa shape index (κ1) is 23.2. The number of halogens is 3. The quantitative estimate of drug-likeness (QED) is 0.591. The van der Waals surface area contributed by atoms with E-state index in [1.165, 1.54) is 6.92 Å². The summed E-state index contributed by atoms with van der Waals surface area (Å²) in [5, 5.41) is 3.82. The lowest BCUT2D eigenvalue weighted by atomic mass is 9.92. The number of alkyl halides is 3. The van der Waals surface area contributed by atoms with Gasteiger partial charge in [0.25, 0.3) is 0 Å². The Labute approximate surface area is 191 Å². The van der Waals surface area contributed by atoms with Crippen LogP contribution in [0.2, 0.25) is 0 Å². The topological polar surface area (TPSA) is 48.5 Å². The summed E-state index contributed by atoms with van der Waals surface area (Å²) >= 11 is 0. The molecule has 0 spiro atoms. The Morgan fingerprint density at radius 2 is 1.76 bits per heavy atom. The van der Waals surface area contributed by atoms with Crippen LogP contribution in [0.3, 0.4) is 0 Å². The Morgan fingerprint density at radius 1 is 1.06 bits per heavy atom. The van der Waals surface area contributed by atoms with Gasteiger partial charge >= 0.3 is 6.18 Å². The van der Waals surface area contributed by atoms with Gasteiger partial charge in [-0.3, -0.25) is 14.7 Å². The minimum Gasteiger partial charge on any atom is -0.324 e. The van der Waals surface area contributed by atoms with Gasteiger partial charge in [0.05, 0.1) is 22.8 Å². The fraction of sp³-hybridized carbons (Fsp3) is 0.360. The summed E-state index contributed by atoms with van der Waals surface area (Å²) in [5.41, 5.74) is 2.15. The van der Waals surface area contributed by atoms with Gasteiger partial charge in [-0.05, 0) is 35.9 Å². The van der Waals surface area contributed by atoms with E-state index in [1.807, 2.05) is 24.3 Å². The highest BCUT2D eigenvalue weighted by Crippen LogP contribution is 2.39. The number of pyridine rings is 1. The Bertz CT molecular complexity index is 1120. The molecule has 0 saturated carbocycles. The maximum absolute atomic E-state index is 13.2. The molecular formula is C25H27F3N4O. The molecule has 4 rings (SSSR count). The van der Waals surface area contributed by atoms with Gasteiger partial charge in [0.15, 0.2) is 0 Å². The van der Waals surface area contributed by atoms with Gasteiger partial charge in [0, 0.05) is 44.7 Å². The first-order valence-electron chi connectivity index (χ1n) is 11.1. The van der Waals surface area contributed by atoms with Crippen LogP contribution in [0.5, 0.6) is 0 Å². The van der Waals surface area contributed by atoms with Crippen LogP contribution < -0.4 is 5.32 Å². The first-order valence-corrected chi connectivity index (χ1v) is 11.1. The molecule has 3 aromatic rings. The number of rotatable bonds is 5. The van der Waals surface area contributed by atoms with E-state index in [0.29, 0.717) is 11.2 Å². The lowest BCUT2D eigenvalue weighted by Gasteiger charge is -2.40. The maximum atomic E-state index is 13.2. The third kappa shape index (κ3) is 5.02. The molecule has 1 unspecified atom stereocenters.